The summed E-state index contributed by atoms with van der Waals surface area (Å²) in [6.45, 7) is 5.55. The first kappa shape index (κ1) is 13.4. The zero-order chi connectivity index (χ0) is 13.8. The molecule has 1 fully saturated rings. The maximum Gasteiger partial charge on any atom is 0.201 e. The predicted molar refractivity (Wildman–Crippen MR) is 77.8 cm³/mol. The van der Waals surface area contributed by atoms with E-state index < -0.39 is 0 Å². The molecule has 6 heteroatoms. The van der Waals surface area contributed by atoms with Crippen molar-refractivity contribution in [2.45, 2.75) is 6.61 Å². The highest BCUT2D eigenvalue weighted by atomic mass is 16.5. The zero-order valence-electron chi connectivity index (χ0n) is 11.4. The van der Waals surface area contributed by atoms with Gasteiger partial charge in [0.25, 0.3) is 0 Å². The number of hydrogen-bond donors (Lipinski definition) is 3. The Hall–Kier alpha value is -1.63. The average Bonchev–Trinajstić information content (AvgIpc) is 2.90. The van der Waals surface area contributed by atoms with Gasteiger partial charge in [0.1, 0.15) is 0 Å². The summed E-state index contributed by atoms with van der Waals surface area (Å²) in [7, 11) is 0. The van der Waals surface area contributed by atoms with Crippen LogP contribution in [0.1, 0.15) is 5.56 Å². The lowest BCUT2D eigenvalue weighted by Gasteiger charge is -2.26. The fourth-order valence-corrected chi connectivity index (χ4v) is 2.40. The fraction of sp³-hybridized carbons (Fsp3) is 0.500. The number of aromatic amines is 1. The van der Waals surface area contributed by atoms with Crippen LogP contribution in [-0.4, -0.2) is 59.4 Å². The summed E-state index contributed by atoms with van der Waals surface area (Å²) in [4.78, 5) is 10.1. The minimum atomic E-state index is 0.0504. The first-order chi connectivity index (χ1) is 9.85. The van der Waals surface area contributed by atoms with Gasteiger partial charge in [0, 0.05) is 26.2 Å². The molecule has 1 aliphatic heterocycles. The number of aromatic nitrogens is 2. The van der Waals surface area contributed by atoms with Gasteiger partial charge in [-0.2, -0.15) is 0 Å². The van der Waals surface area contributed by atoms with Crippen molar-refractivity contribution in [1.82, 2.24) is 14.9 Å². The molecule has 0 aliphatic carbocycles. The monoisotopic (exact) mass is 276 g/mol. The van der Waals surface area contributed by atoms with E-state index >= 15 is 0 Å². The highest BCUT2D eigenvalue weighted by molar-refractivity contribution is 5.78. The van der Waals surface area contributed by atoms with Crippen molar-refractivity contribution in [2.24, 2.45) is 0 Å². The Kier molecular flexibility index (Phi) is 4.15. The van der Waals surface area contributed by atoms with E-state index in [2.05, 4.69) is 20.2 Å². The van der Waals surface area contributed by atoms with Crippen molar-refractivity contribution in [1.29, 1.82) is 0 Å². The lowest BCUT2D eigenvalue weighted by atomic mass is 10.2. The van der Waals surface area contributed by atoms with Crippen LogP contribution in [0.5, 0.6) is 0 Å². The molecule has 2 aromatic rings. The maximum atomic E-state index is 9.12. The minimum absolute atomic E-state index is 0.0504. The van der Waals surface area contributed by atoms with E-state index in [1.54, 1.807) is 0 Å². The third-order valence-electron chi connectivity index (χ3n) is 3.55. The number of H-pyrrole nitrogens is 1. The quantitative estimate of drug-likeness (QED) is 0.753. The fourth-order valence-electron chi connectivity index (χ4n) is 2.40. The molecular formula is C14H20N4O2. The number of aliphatic hydroxyl groups is 1. The summed E-state index contributed by atoms with van der Waals surface area (Å²) in [6.07, 6.45) is 0. The summed E-state index contributed by atoms with van der Waals surface area (Å²) in [5.41, 5.74) is 2.75. The van der Waals surface area contributed by atoms with Crippen LogP contribution in [0.25, 0.3) is 11.0 Å². The lowest BCUT2D eigenvalue weighted by Crippen LogP contribution is -2.39. The Bertz CT molecular complexity index is 563. The van der Waals surface area contributed by atoms with E-state index in [0.29, 0.717) is 0 Å². The molecule has 0 atom stereocenters. The summed E-state index contributed by atoms with van der Waals surface area (Å²) in [5.74, 6) is 0.781. The van der Waals surface area contributed by atoms with Gasteiger partial charge in [-0.1, -0.05) is 6.07 Å². The average molecular weight is 276 g/mol. The van der Waals surface area contributed by atoms with Gasteiger partial charge in [0.15, 0.2) is 0 Å². The van der Waals surface area contributed by atoms with Crippen LogP contribution in [0.4, 0.5) is 5.95 Å². The number of hydrogen-bond acceptors (Lipinski definition) is 5. The predicted octanol–water partition coefficient (Wildman–Crippen LogP) is 0.799. The van der Waals surface area contributed by atoms with Gasteiger partial charge < -0.3 is 20.1 Å². The second-order valence-corrected chi connectivity index (χ2v) is 4.98. The SMILES string of the molecule is OCc1ccc2nc(NCCN3CCOCC3)[nH]c2c1. The summed E-state index contributed by atoms with van der Waals surface area (Å²) < 4.78 is 5.33. The van der Waals surface area contributed by atoms with Crippen LogP contribution in [-0.2, 0) is 11.3 Å². The Morgan fingerprint density at radius 1 is 1.35 bits per heavy atom. The van der Waals surface area contributed by atoms with E-state index in [-0.39, 0.29) is 6.61 Å². The molecule has 0 unspecified atom stereocenters. The normalized spacial score (nSPS) is 16.6. The van der Waals surface area contributed by atoms with Gasteiger partial charge in [-0.25, -0.2) is 4.98 Å². The molecule has 20 heavy (non-hydrogen) atoms. The van der Waals surface area contributed by atoms with Gasteiger partial charge in [-0.3, -0.25) is 4.90 Å². The molecule has 3 N–H and O–H groups in total. The standard InChI is InChI=1S/C14H20N4O2/c19-10-11-1-2-12-13(9-11)17-14(16-12)15-3-4-18-5-7-20-8-6-18/h1-2,9,19H,3-8,10H2,(H2,15,16,17). The van der Waals surface area contributed by atoms with E-state index in [4.69, 9.17) is 9.84 Å². The number of rotatable bonds is 5. The molecule has 1 saturated heterocycles. The van der Waals surface area contributed by atoms with Gasteiger partial charge in [-0.15, -0.1) is 0 Å². The van der Waals surface area contributed by atoms with E-state index in [1.807, 2.05) is 18.2 Å². The first-order valence-electron chi connectivity index (χ1n) is 6.98. The van der Waals surface area contributed by atoms with E-state index in [9.17, 15) is 0 Å². The number of morpholine rings is 1. The van der Waals surface area contributed by atoms with Crippen LogP contribution < -0.4 is 5.32 Å². The van der Waals surface area contributed by atoms with Crippen molar-refractivity contribution in [3.8, 4) is 0 Å². The highest BCUT2D eigenvalue weighted by Crippen LogP contribution is 2.16. The number of imidazole rings is 1. The molecular weight excluding hydrogens is 256 g/mol. The topological polar surface area (TPSA) is 73.4 Å². The molecule has 0 spiro atoms. The lowest BCUT2D eigenvalue weighted by molar-refractivity contribution is 0.0398. The Labute approximate surface area is 117 Å². The Morgan fingerprint density at radius 3 is 3.00 bits per heavy atom. The smallest absolute Gasteiger partial charge is 0.201 e. The van der Waals surface area contributed by atoms with Crippen molar-refractivity contribution in [3.05, 3.63) is 23.8 Å². The van der Waals surface area contributed by atoms with Crippen LogP contribution >= 0.6 is 0 Å². The van der Waals surface area contributed by atoms with Crippen molar-refractivity contribution < 1.29 is 9.84 Å². The number of benzene rings is 1. The van der Waals surface area contributed by atoms with Crippen LogP contribution in [0.15, 0.2) is 18.2 Å². The van der Waals surface area contributed by atoms with Crippen molar-refractivity contribution in [2.75, 3.05) is 44.7 Å². The van der Waals surface area contributed by atoms with E-state index in [1.165, 1.54) is 0 Å². The molecule has 2 heterocycles. The number of nitrogens with one attached hydrogen (secondary N) is 2. The molecule has 1 aromatic carbocycles. The molecule has 108 valence electrons. The van der Waals surface area contributed by atoms with Gasteiger partial charge >= 0.3 is 0 Å². The van der Waals surface area contributed by atoms with Crippen LogP contribution in [0.2, 0.25) is 0 Å². The number of ether oxygens (including phenoxy) is 1. The van der Waals surface area contributed by atoms with E-state index in [0.717, 1.165) is 61.9 Å². The van der Waals surface area contributed by atoms with Crippen molar-refractivity contribution in [3.63, 3.8) is 0 Å². The second kappa shape index (κ2) is 6.21. The molecule has 0 radical (unpaired) electrons. The highest BCUT2D eigenvalue weighted by Gasteiger charge is 2.09. The molecule has 0 saturated carbocycles. The third-order valence-corrected chi connectivity index (χ3v) is 3.55. The maximum absolute atomic E-state index is 9.12. The first-order valence-corrected chi connectivity index (χ1v) is 6.98. The second-order valence-electron chi connectivity index (χ2n) is 4.98. The summed E-state index contributed by atoms with van der Waals surface area (Å²) in [6, 6.07) is 5.74. The number of aliphatic hydroxyl groups excluding tert-OH is 1. The van der Waals surface area contributed by atoms with Crippen molar-refractivity contribution >= 4 is 17.0 Å². The third kappa shape index (κ3) is 3.09. The summed E-state index contributed by atoms with van der Waals surface area (Å²) in [5, 5.41) is 12.4. The van der Waals surface area contributed by atoms with Gasteiger partial charge in [0.05, 0.1) is 30.9 Å². The Morgan fingerprint density at radius 2 is 2.20 bits per heavy atom. The Balaban J connectivity index is 1.57. The van der Waals surface area contributed by atoms with Gasteiger partial charge in [-0.05, 0) is 17.7 Å². The molecule has 1 aromatic heterocycles. The molecule has 6 nitrogen and oxygen atoms in total. The summed E-state index contributed by atoms with van der Waals surface area (Å²) >= 11 is 0. The molecule has 0 amide bonds. The van der Waals surface area contributed by atoms with Crippen LogP contribution in [0.3, 0.4) is 0 Å². The number of anilines is 1. The van der Waals surface area contributed by atoms with Gasteiger partial charge in [0.2, 0.25) is 5.95 Å². The number of nitrogens with zero attached hydrogens (tertiary/aromatic N) is 2. The van der Waals surface area contributed by atoms with Crippen LogP contribution in [0, 0.1) is 0 Å². The zero-order valence-corrected chi connectivity index (χ0v) is 11.4. The minimum Gasteiger partial charge on any atom is -0.392 e. The molecule has 3 rings (SSSR count). The largest absolute Gasteiger partial charge is 0.392 e. The molecule has 0 bridgehead atoms. The molecule has 1 aliphatic rings. The number of fused-ring (bicyclic) bond motifs is 1.